The third kappa shape index (κ3) is 4.74. The van der Waals surface area contributed by atoms with Crippen LogP contribution in [0.3, 0.4) is 0 Å². The summed E-state index contributed by atoms with van der Waals surface area (Å²) in [6.07, 6.45) is 3.42. The molecule has 38 heavy (non-hydrogen) atoms. The molecule has 4 aliphatic carbocycles. The summed E-state index contributed by atoms with van der Waals surface area (Å²) >= 11 is 0. The van der Waals surface area contributed by atoms with Gasteiger partial charge in [-0.2, -0.15) is 13.2 Å². The summed E-state index contributed by atoms with van der Waals surface area (Å²) in [5.41, 5.74) is 2.71. The summed E-state index contributed by atoms with van der Waals surface area (Å²) in [4.78, 5) is 12.1. The predicted molar refractivity (Wildman–Crippen MR) is 142 cm³/mol. The normalized spacial score (nSPS) is 25.7. The molecule has 3 aromatic rings. The van der Waals surface area contributed by atoms with E-state index in [9.17, 15) is 18.0 Å². The highest BCUT2D eigenvalue weighted by Crippen LogP contribution is 2.60. The Kier molecular flexibility index (Phi) is 6.12. The molecule has 0 heterocycles. The third-order valence-corrected chi connectivity index (χ3v) is 8.70. The van der Waals surface area contributed by atoms with Crippen molar-refractivity contribution in [2.75, 3.05) is 17.7 Å². The van der Waals surface area contributed by atoms with Gasteiger partial charge in [-0.15, -0.1) is 0 Å². The van der Waals surface area contributed by atoms with E-state index in [1.54, 1.807) is 30.3 Å². The maximum Gasteiger partial charge on any atom is 0.416 e. The van der Waals surface area contributed by atoms with Gasteiger partial charge in [-0.3, -0.25) is 0 Å². The Labute approximate surface area is 220 Å². The first kappa shape index (κ1) is 24.8. The molecule has 7 rings (SSSR count). The zero-order chi connectivity index (χ0) is 26.5. The highest BCUT2D eigenvalue weighted by atomic mass is 19.4. The van der Waals surface area contributed by atoms with Gasteiger partial charge < -0.3 is 15.4 Å². The van der Waals surface area contributed by atoms with E-state index in [2.05, 4.69) is 22.8 Å². The number of carbonyl (C=O) groups is 1. The number of halogens is 3. The van der Waals surface area contributed by atoms with E-state index in [0.29, 0.717) is 11.4 Å². The smallest absolute Gasteiger partial charge is 0.416 e. The first-order chi connectivity index (χ1) is 18.2. The minimum atomic E-state index is -4.53. The zero-order valence-corrected chi connectivity index (χ0v) is 21.3. The van der Waals surface area contributed by atoms with Crippen LogP contribution in [0.25, 0.3) is 0 Å². The molecular weight excluding hydrogens is 489 g/mol. The van der Waals surface area contributed by atoms with E-state index < -0.39 is 17.7 Å². The third-order valence-electron chi connectivity index (χ3n) is 8.70. The highest BCUT2D eigenvalue weighted by Gasteiger charge is 2.51. The van der Waals surface area contributed by atoms with Crippen molar-refractivity contribution in [3.05, 3.63) is 83.4 Å². The Bertz CT molecular complexity index is 1310. The Morgan fingerprint density at radius 2 is 1.39 bits per heavy atom. The van der Waals surface area contributed by atoms with E-state index in [0.717, 1.165) is 35.6 Å². The topological polar surface area (TPSA) is 50.4 Å². The Morgan fingerprint density at radius 3 is 1.97 bits per heavy atom. The second kappa shape index (κ2) is 9.37. The quantitative estimate of drug-likeness (QED) is 0.320. The number of hydrogen-bond donors (Lipinski definition) is 2. The zero-order valence-electron chi connectivity index (χ0n) is 21.3. The molecule has 3 aromatic carbocycles. The highest BCUT2D eigenvalue weighted by molar-refractivity contribution is 5.96. The van der Waals surface area contributed by atoms with Crippen LogP contribution in [0.2, 0.25) is 0 Å². The number of para-hydroxylation sites is 1. The Morgan fingerprint density at radius 1 is 0.816 bits per heavy atom. The summed E-state index contributed by atoms with van der Waals surface area (Å²) in [7, 11) is 1.26. The minimum Gasteiger partial charge on any atom is -0.465 e. The minimum absolute atomic E-state index is 0.212. The monoisotopic (exact) mass is 520 g/mol. The van der Waals surface area contributed by atoms with Gasteiger partial charge in [-0.1, -0.05) is 24.3 Å². The summed E-state index contributed by atoms with van der Waals surface area (Å²) in [6.45, 7) is 0. The molecule has 0 saturated heterocycles. The average molecular weight is 521 g/mol. The molecule has 0 unspecified atom stereocenters. The Balaban J connectivity index is 1.26. The van der Waals surface area contributed by atoms with Crippen molar-refractivity contribution in [3.8, 4) is 0 Å². The molecule has 4 aliphatic rings. The van der Waals surface area contributed by atoms with E-state index in [4.69, 9.17) is 4.74 Å². The van der Waals surface area contributed by atoms with E-state index in [1.807, 2.05) is 12.1 Å². The van der Waals surface area contributed by atoms with Gasteiger partial charge in [-0.05, 0) is 110 Å². The Hall–Kier alpha value is -3.48. The lowest BCUT2D eigenvalue weighted by atomic mass is 9.48. The standard InChI is InChI=1S/C31H31F3N2O2/c1-38-29(37)27-4-2-3-5-28(27)36-26-14-23(31(32,33)34)13-25(15-26)35-24-8-6-22(7-9-24)30-16-19-10-20(17-30)12-21(11-19)18-30/h2-9,13-15,19-21,35-36H,10-12,16-18H2,1H3. The summed E-state index contributed by atoms with van der Waals surface area (Å²) < 4.78 is 46.1. The number of alkyl halides is 3. The number of hydrogen-bond acceptors (Lipinski definition) is 4. The lowest BCUT2D eigenvalue weighted by molar-refractivity contribution is -0.137. The lowest BCUT2D eigenvalue weighted by Crippen LogP contribution is -2.48. The number of methoxy groups -OCH3 is 1. The van der Waals surface area contributed by atoms with Crippen molar-refractivity contribution in [1.29, 1.82) is 0 Å². The molecular formula is C31H31F3N2O2. The number of anilines is 4. The van der Waals surface area contributed by atoms with Gasteiger partial charge in [0.1, 0.15) is 0 Å². The van der Waals surface area contributed by atoms with Gasteiger partial charge in [0.05, 0.1) is 23.9 Å². The second-order valence-corrected chi connectivity index (χ2v) is 11.4. The second-order valence-electron chi connectivity index (χ2n) is 11.4. The number of benzene rings is 3. The van der Waals surface area contributed by atoms with Crippen molar-refractivity contribution < 1.29 is 22.7 Å². The predicted octanol–water partition coefficient (Wildman–Crippen LogP) is 8.45. The van der Waals surface area contributed by atoms with Gasteiger partial charge in [0, 0.05) is 17.1 Å². The van der Waals surface area contributed by atoms with Crippen LogP contribution in [0.15, 0.2) is 66.7 Å². The molecule has 4 saturated carbocycles. The lowest BCUT2D eigenvalue weighted by Gasteiger charge is -2.57. The summed E-state index contributed by atoms with van der Waals surface area (Å²) in [6, 6.07) is 18.6. The van der Waals surface area contributed by atoms with Gasteiger partial charge in [-0.25, -0.2) is 4.79 Å². The van der Waals surface area contributed by atoms with Crippen molar-refractivity contribution in [2.45, 2.75) is 50.1 Å². The molecule has 4 bridgehead atoms. The van der Waals surface area contributed by atoms with Crippen molar-refractivity contribution in [3.63, 3.8) is 0 Å². The first-order valence-electron chi connectivity index (χ1n) is 13.2. The van der Waals surface area contributed by atoms with Crippen molar-refractivity contribution in [2.24, 2.45) is 17.8 Å². The van der Waals surface area contributed by atoms with Crippen LogP contribution in [0, 0.1) is 17.8 Å². The molecule has 0 amide bonds. The van der Waals surface area contributed by atoms with E-state index in [-0.39, 0.29) is 16.7 Å². The SMILES string of the molecule is COC(=O)c1ccccc1Nc1cc(Nc2ccc(C34CC5CC(CC(C5)C3)C4)cc2)cc(C(F)(F)F)c1. The number of carbonyl (C=O) groups excluding carboxylic acids is 1. The fourth-order valence-electron chi connectivity index (χ4n) is 7.51. The molecule has 4 fully saturated rings. The number of ether oxygens (including phenoxy) is 1. The fourth-order valence-corrected chi connectivity index (χ4v) is 7.51. The molecule has 0 aliphatic heterocycles. The van der Waals surface area contributed by atoms with Crippen LogP contribution in [0.5, 0.6) is 0 Å². The van der Waals surface area contributed by atoms with Gasteiger partial charge >= 0.3 is 12.1 Å². The van der Waals surface area contributed by atoms with Crippen LogP contribution >= 0.6 is 0 Å². The largest absolute Gasteiger partial charge is 0.465 e. The molecule has 0 radical (unpaired) electrons. The van der Waals surface area contributed by atoms with Gasteiger partial charge in [0.15, 0.2) is 0 Å². The van der Waals surface area contributed by atoms with E-state index >= 15 is 0 Å². The van der Waals surface area contributed by atoms with Crippen LogP contribution in [0.4, 0.5) is 35.9 Å². The number of esters is 1. The molecule has 0 aromatic heterocycles. The maximum atomic E-state index is 13.8. The number of nitrogens with one attached hydrogen (secondary N) is 2. The molecule has 2 N–H and O–H groups in total. The molecule has 198 valence electrons. The summed E-state index contributed by atoms with van der Waals surface area (Å²) in [5, 5.41) is 6.13. The van der Waals surface area contributed by atoms with Gasteiger partial charge in [0.25, 0.3) is 0 Å². The maximum absolute atomic E-state index is 13.8. The van der Waals surface area contributed by atoms with Crippen molar-refractivity contribution >= 4 is 28.7 Å². The van der Waals surface area contributed by atoms with E-state index in [1.165, 1.54) is 51.2 Å². The van der Waals surface area contributed by atoms with Gasteiger partial charge in [0.2, 0.25) is 0 Å². The summed E-state index contributed by atoms with van der Waals surface area (Å²) in [5.74, 6) is 1.97. The average Bonchev–Trinajstić information content (AvgIpc) is 2.87. The molecule has 0 spiro atoms. The molecule has 7 heteroatoms. The molecule has 4 nitrogen and oxygen atoms in total. The van der Waals surface area contributed by atoms with Crippen LogP contribution in [-0.4, -0.2) is 13.1 Å². The fraction of sp³-hybridized carbons (Fsp3) is 0.387. The van der Waals surface area contributed by atoms with Crippen molar-refractivity contribution in [1.82, 2.24) is 0 Å². The van der Waals surface area contributed by atoms with Crippen LogP contribution in [0.1, 0.15) is 60.0 Å². The van der Waals surface area contributed by atoms with Crippen LogP contribution < -0.4 is 10.6 Å². The molecule has 0 atom stereocenters. The van der Waals surface area contributed by atoms with Crippen LogP contribution in [-0.2, 0) is 16.3 Å². The first-order valence-corrected chi connectivity index (χ1v) is 13.2. The number of rotatable bonds is 6.